The third kappa shape index (κ3) is 5.46. The van der Waals surface area contributed by atoms with E-state index in [1.54, 1.807) is 39.1 Å². The SMILES string of the molecule is CC(C)(C)OC(=O)Nc1ncc(C=CCO)s1. The van der Waals surface area contributed by atoms with Gasteiger partial charge in [-0.15, -0.1) is 0 Å². The highest BCUT2D eigenvalue weighted by atomic mass is 32.1. The predicted molar refractivity (Wildman–Crippen MR) is 68.1 cm³/mol. The quantitative estimate of drug-likeness (QED) is 0.871. The molecular formula is C11H16N2O3S. The highest BCUT2D eigenvalue weighted by molar-refractivity contribution is 7.16. The maximum Gasteiger partial charge on any atom is 0.413 e. The van der Waals surface area contributed by atoms with Gasteiger partial charge in [0.25, 0.3) is 0 Å². The maximum absolute atomic E-state index is 11.4. The van der Waals surface area contributed by atoms with Crippen LogP contribution in [0.4, 0.5) is 9.93 Å². The summed E-state index contributed by atoms with van der Waals surface area (Å²) in [5, 5.41) is 11.6. The van der Waals surface area contributed by atoms with Gasteiger partial charge in [-0.2, -0.15) is 0 Å². The molecule has 1 aromatic heterocycles. The standard InChI is InChI=1S/C11H16N2O3S/c1-11(2,3)16-10(15)13-9-12-7-8(17-9)5-4-6-14/h4-5,7,14H,6H2,1-3H3,(H,12,13,15). The molecule has 1 aromatic rings. The zero-order valence-corrected chi connectivity index (χ0v) is 10.9. The van der Waals surface area contributed by atoms with E-state index in [1.165, 1.54) is 11.3 Å². The Hall–Kier alpha value is -1.40. The lowest BCUT2D eigenvalue weighted by Gasteiger charge is -2.18. The summed E-state index contributed by atoms with van der Waals surface area (Å²) < 4.78 is 5.09. The summed E-state index contributed by atoms with van der Waals surface area (Å²) >= 11 is 1.31. The van der Waals surface area contributed by atoms with Crippen molar-refractivity contribution in [3.05, 3.63) is 17.2 Å². The molecule has 2 N–H and O–H groups in total. The summed E-state index contributed by atoms with van der Waals surface area (Å²) in [4.78, 5) is 16.3. The highest BCUT2D eigenvalue weighted by Crippen LogP contribution is 2.20. The Morgan fingerprint density at radius 3 is 2.94 bits per heavy atom. The van der Waals surface area contributed by atoms with E-state index in [4.69, 9.17) is 9.84 Å². The minimum Gasteiger partial charge on any atom is -0.444 e. The van der Waals surface area contributed by atoms with E-state index in [2.05, 4.69) is 10.3 Å². The molecule has 0 aliphatic heterocycles. The first-order valence-corrected chi connectivity index (χ1v) is 5.95. The van der Waals surface area contributed by atoms with Crippen LogP contribution in [0.3, 0.4) is 0 Å². The van der Waals surface area contributed by atoms with Gasteiger partial charge in [-0.3, -0.25) is 5.32 Å². The predicted octanol–water partition coefficient (Wildman–Crippen LogP) is 2.50. The average Bonchev–Trinajstić information content (AvgIpc) is 2.59. The molecule has 1 rings (SSSR count). The smallest absolute Gasteiger partial charge is 0.413 e. The number of rotatable bonds is 3. The van der Waals surface area contributed by atoms with Crippen LogP contribution < -0.4 is 5.32 Å². The van der Waals surface area contributed by atoms with E-state index >= 15 is 0 Å². The molecule has 0 saturated carbocycles. The summed E-state index contributed by atoms with van der Waals surface area (Å²) in [6.07, 6.45) is 4.43. The molecule has 0 saturated heterocycles. The van der Waals surface area contributed by atoms with Crippen LogP contribution in [0.15, 0.2) is 12.3 Å². The molecule has 6 heteroatoms. The molecule has 0 fully saturated rings. The van der Waals surface area contributed by atoms with Crippen LogP contribution in [0.25, 0.3) is 6.08 Å². The average molecular weight is 256 g/mol. The van der Waals surface area contributed by atoms with Crippen molar-refractivity contribution in [3.8, 4) is 0 Å². The fourth-order valence-electron chi connectivity index (χ4n) is 0.981. The number of anilines is 1. The molecule has 0 spiro atoms. The number of ether oxygens (including phenoxy) is 1. The molecule has 1 heterocycles. The maximum atomic E-state index is 11.4. The van der Waals surface area contributed by atoms with Gasteiger partial charge >= 0.3 is 6.09 Å². The Balaban J connectivity index is 2.55. The van der Waals surface area contributed by atoms with Crippen molar-refractivity contribution in [2.75, 3.05) is 11.9 Å². The van der Waals surface area contributed by atoms with Crippen molar-refractivity contribution in [3.63, 3.8) is 0 Å². The summed E-state index contributed by atoms with van der Waals surface area (Å²) in [7, 11) is 0. The number of hydrogen-bond donors (Lipinski definition) is 2. The van der Waals surface area contributed by atoms with E-state index in [9.17, 15) is 4.79 Å². The number of nitrogens with zero attached hydrogens (tertiary/aromatic N) is 1. The summed E-state index contributed by atoms with van der Waals surface area (Å²) in [5.41, 5.74) is -0.527. The van der Waals surface area contributed by atoms with E-state index in [0.717, 1.165) is 4.88 Å². The Labute approximate surface area is 104 Å². The monoisotopic (exact) mass is 256 g/mol. The molecule has 5 nitrogen and oxygen atoms in total. The number of aliphatic hydroxyl groups is 1. The van der Waals surface area contributed by atoms with E-state index in [0.29, 0.717) is 5.13 Å². The van der Waals surface area contributed by atoms with Crippen LogP contribution in [-0.4, -0.2) is 28.4 Å². The Morgan fingerprint density at radius 1 is 1.65 bits per heavy atom. The minimum absolute atomic E-state index is 0.0211. The zero-order chi connectivity index (χ0) is 12.9. The summed E-state index contributed by atoms with van der Waals surface area (Å²) in [5.74, 6) is 0. The van der Waals surface area contributed by atoms with Gasteiger partial charge in [-0.25, -0.2) is 9.78 Å². The van der Waals surface area contributed by atoms with Gasteiger partial charge < -0.3 is 9.84 Å². The van der Waals surface area contributed by atoms with Crippen LogP contribution in [0, 0.1) is 0 Å². The number of carbonyl (C=O) groups excluding carboxylic acids is 1. The Morgan fingerprint density at radius 2 is 2.35 bits per heavy atom. The van der Waals surface area contributed by atoms with Gasteiger partial charge in [0.2, 0.25) is 0 Å². The molecule has 0 aliphatic rings. The number of amides is 1. The topological polar surface area (TPSA) is 71.5 Å². The third-order valence-corrected chi connectivity index (χ3v) is 2.40. The summed E-state index contributed by atoms with van der Waals surface area (Å²) in [6.45, 7) is 5.37. The second-order valence-electron chi connectivity index (χ2n) is 4.28. The van der Waals surface area contributed by atoms with Crippen LogP contribution in [0.5, 0.6) is 0 Å². The second-order valence-corrected chi connectivity index (χ2v) is 5.34. The molecule has 0 radical (unpaired) electrons. The Bertz CT molecular complexity index is 407. The van der Waals surface area contributed by atoms with Crippen LogP contribution in [-0.2, 0) is 4.74 Å². The van der Waals surface area contributed by atoms with Gasteiger partial charge in [-0.05, 0) is 26.8 Å². The van der Waals surface area contributed by atoms with Crippen LogP contribution >= 0.6 is 11.3 Å². The number of hydrogen-bond acceptors (Lipinski definition) is 5. The van der Waals surface area contributed by atoms with Crippen molar-refractivity contribution in [1.29, 1.82) is 0 Å². The molecule has 0 aliphatic carbocycles. The zero-order valence-electron chi connectivity index (χ0n) is 10.1. The molecule has 1 amide bonds. The van der Waals surface area contributed by atoms with Crippen molar-refractivity contribution in [1.82, 2.24) is 4.98 Å². The normalized spacial score (nSPS) is 11.8. The highest BCUT2D eigenvalue weighted by Gasteiger charge is 2.16. The van der Waals surface area contributed by atoms with Gasteiger partial charge in [-0.1, -0.05) is 17.4 Å². The molecule has 0 bridgehead atoms. The number of carbonyl (C=O) groups is 1. The third-order valence-electron chi connectivity index (χ3n) is 1.52. The van der Waals surface area contributed by atoms with Crippen molar-refractivity contribution in [2.24, 2.45) is 0 Å². The van der Waals surface area contributed by atoms with E-state index < -0.39 is 11.7 Å². The van der Waals surface area contributed by atoms with Crippen molar-refractivity contribution in [2.45, 2.75) is 26.4 Å². The van der Waals surface area contributed by atoms with E-state index in [-0.39, 0.29) is 6.61 Å². The van der Waals surface area contributed by atoms with Gasteiger partial charge in [0.05, 0.1) is 6.61 Å². The molecule has 94 valence electrons. The molecule has 0 aromatic carbocycles. The van der Waals surface area contributed by atoms with Gasteiger partial charge in [0.1, 0.15) is 5.60 Å². The van der Waals surface area contributed by atoms with Gasteiger partial charge in [0.15, 0.2) is 5.13 Å². The van der Waals surface area contributed by atoms with Crippen molar-refractivity contribution < 1.29 is 14.6 Å². The molecule has 0 atom stereocenters. The largest absolute Gasteiger partial charge is 0.444 e. The first-order chi connectivity index (χ1) is 7.90. The fourth-order valence-corrected chi connectivity index (χ4v) is 1.71. The Kier molecular flexibility index (Phi) is 4.65. The second kappa shape index (κ2) is 5.79. The van der Waals surface area contributed by atoms with Gasteiger partial charge in [0, 0.05) is 11.1 Å². The number of aromatic nitrogens is 1. The first kappa shape index (κ1) is 13.7. The lowest BCUT2D eigenvalue weighted by molar-refractivity contribution is 0.0636. The number of aliphatic hydroxyl groups excluding tert-OH is 1. The fraction of sp³-hybridized carbons (Fsp3) is 0.455. The van der Waals surface area contributed by atoms with Crippen LogP contribution in [0.1, 0.15) is 25.6 Å². The van der Waals surface area contributed by atoms with E-state index in [1.807, 2.05) is 0 Å². The number of nitrogens with one attached hydrogen (secondary N) is 1. The minimum atomic E-state index is -0.527. The molecular weight excluding hydrogens is 240 g/mol. The molecule has 0 unspecified atom stereocenters. The summed E-state index contributed by atoms with van der Waals surface area (Å²) in [6, 6.07) is 0. The lowest BCUT2D eigenvalue weighted by Crippen LogP contribution is -2.27. The lowest BCUT2D eigenvalue weighted by atomic mass is 10.2. The van der Waals surface area contributed by atoms with Crippen LogP contribution in [0.2, 0.25) is 0 Å². The molecule has 17 heavy (non-hydrogen) atoms. The number of thiazole rings is 1. The first-order valence-electron chi connectivity index (χ1n) is 5.14. The van der Waals surface area contributed by atoms with Crippen molar-refractivity contribution >= 4 is 28.6 Å².